The molecule has 0 bridgehead atoms. The zero-order valence-corrected chi connectivity index (χ0v) is 16.9. The molecule has 4 nitrogen and oxygen atoms in total. The predicted molar refractivity (Wildman–Crippen MR) is 118 cm³/mol. The van der Waals surface area contributed by atoms with Crippen LogP contribution in [0.1, 0.15) is 28.4 Å². The van der Waals surface area contributed by atoms with Gasteiger partial charge < -0.3 is 10.6 Å². The minimum absolute atomic E-state index is 0.0825. The number of amides is 2. The Morgan fingerprint density at radius 3 is 2.03 bits per heavy atom. The van der Waals surface area contributed by atoms with E-state index in [1.807, 2.05) is 66.7 Å². The molecule has 0 aromatic heterocycles. The highest BCUT2D eigenvalue weighted by Gasteiger charge is 2.19. The summed E-state index contributed by atoms with van der Waals surface area (Å²) in [4.78, 5) is 26.2. The molecule has 0 heterocycles. The first-order chi connectivity index (χ1) is 14.2. The topological polar surface area (TPSA) is 58.2 Å². The van der Waals surface area contributed by atoms with Gasteiger partial charge in [0.05, 0.1) is 12.5 Å². The Hall–Kier alpha value is -3.05. The average molecular weight is 405 g/mol. The van der Waals surface area contributed by atoms with Gasteiger partial charge in [-0.1, -0.05) is 66.7 Å². The number of thioether (sulfide) groups is 1. The SMILES string of the molecule is O=C(C[C@@H](NC(=O)c1ccccc1)c1ccccc1)NCCSc1ccccc1. The quantitative estimate of drug-likeness (QED) is 0.409. The monoisotopic (exact) mass is 404 g/mol. The summed E-state index contributed by atoms with van der Waals surface area (Å²) in [6.45, 7) is 0.576. The fraction of sp³-hybridized carbons (Fsp3) is 0.167. The van der Waals surface area contributed by atoms with Crippen LogP contribution in [-0.2, 0) is 4.79 Å². The lowest BCUT2D eigenvalue weighted by Crippen LogP contribution is -2.34. The fourth-order valence-corrected chi connectivity index (χ4v) is 3.69. The molecule has 0 radical (unpaired) electrons. The van der Waals surface area contributed by atoms with Gasteiger partial charge in [-0.05, 0) is 29.8 Å². The second-order valence-corrected chi connectivity index (χ2v) is 7.69. The smallest absolute Gasteiger partial charge is 0.251 e. The van der Waals surface area contributed by atoms with Crippen LogP contribution in [0, 0.1) is 0 Å². The highest BCUT2D eigenvalue weighted by molar-refractivity contribution is 7.99. The van der Waals surface area contributed by atoms with Gasteiger partial charge in [0.15, 0.2) is 0 Å². The lowest BCUT2D eigenvalue weighted by atomic mass is 10.0. The summed E-state index contributed by atoms with van der Waals surface area (Å²) in [5.74, 6) is 0.523. The Morgan fingerprint density at radius 2 is 1.38 bits per heavy atom. The van der Waals surface area contributed by atoms with Crippen molar-refractivity contribution in [2.75, 3.05) is 12.3 Å². The van der Waals surface area contributed by atoms with Gasteiger partial charge in [0.25, 0.3) is 5.91 Å². The number of hydrogen-bond acceptors (Lipinski definition) is 3. The molecule has 1 atom stereocenters. The Bertz CT molecular complexity index is 902. The molecule has 29 heavy (non-hydrogen) atoms. The standard InChI is InChI=1S/C24H24N2O2S/c27-23(25-16-17-29-21-14-8-3-9-15-21)18-22(19-10-4-1-5-11-19)26-24(28)20-12-6-2-7-13-20/h1-15,22H,16-18H2,(H,25,27)(H,26,28)/t22-/m1/s1. The van der Waals surface area contributed by atoms with E-state index in [-0.39, 0.29) is 24.3 Å². The first kappa shape index (κ1) is 20.7. The third-order valence-electron chi connectivity index (χ3n) is 4.37. The third-order valence-corrected chi connectivity index (χ3v) is 5.38. The van der Waals surface area contributed by atoms with E-state index in [0.717, 1.165) is 11.3 Å². The van der Waals surface area contributed by atoms with E-state index in [2.05, 4.69) is 22.8 Å². The van der Waals surface area contributed by atoms with Crippen molar-refractivity contribution in [3.05, 3.63) is 102 Å². The lowest BCUT2D eigenvalue weighted by molar-refractivity contribution is -0.121. The predicted octanol–water partition coefficient (Wildman–Crippen LogP) is 4.46. The molecule has 2 amide bonds. The molecule has 0 aliphatic heterocycles. The van der Waals surface area contributed by atoms with Crippen molar-refractivity contribution >= 4 is 23.6 Å². The summed E-state index contributed by atoms with van der Waals surface area (Å²) in [6.07, 6.45) is 0.193. The minimum atomic E-state index is -0.384. The number of rotatable bonds is 9. The Morgan fingerprint density at radius 1 is 0.793 bits per heavy atom. The van der Waals surface area contributed by atoms with E-state index in [4.69, 9.17) is 0 Å². The van der Waals surface area contributed by atoms with E-state index >= 15 is 0 Å². The Labute approximate surface area is 175 Å². The van der Waals surface area contributed by atoms with E-state index in [0.29, 0.717) is 12.1 Å². The molecule has 148 valence electrons. The number of hydrogen-bond donors (Lipinski definition) is 2. The van der Waals surface area contributed by atoms with Crippen molar-refractivity contribution in [1.29, 1.82) is 0 Å². The third kappa shape index (κ3) is 6.80. The first-order valence-electron chi connectivity index (χ1n) is 9.58. The molecular formula is C24H24N2O2S. The summed E-state index contributed by atoms with van der Waals surface area (Å²) in [7, 11) is 0. The van der Waals surface area contributed by atoms with Crippen molar-refractivity contribution in [2.24, 2.45) is 0 Å². The molecule has 0 aliphatic rings. The number of carbonyl (C=O) groups is 2. The summed E-state index contributed by atoms with van der Waals surface area (Å²) in [6, 6.07) is 28.3. The maximum atomic E-state index is 12.6. The van der Waals surface area contributed by atoms with Crippen LogP contribution in [0.4, 0.5) is 0 Å². The summed E-state index contributed by atoms with van der Waals surface area (Å²) in [5.41, 5.74) is 1.48. The van der Waals surface area contributed by atoms with Crippen LogP contribution in [0.25, 0.3) is 0 Å². The van der Waals surface area contributed by atoms with Gasteiger partial charge >= 0.3 is 0 Å². The average Bonchev–Trinajstić information content (AvgIpc) is 2.78. The van der Waals surface area contributed by atoms with E-state index in [9.17, 15) is 9.59 Å². The van der Waals surface area contributed by atoms with Crippen LogP contribution in [0.3, 0.4) is 0 Å². The molecule has 0 fully saturated rings. The van der Waals surface area contributed by atoms with Crippen molar-refractivity contribution < 1.29 is 9.59 Å². The van der Waals surface area contributed by atoms with Gasteiger partial charge in [0, 0.05) is 22.8 Å². The second kappa shape index (κ2) is 11.1. The molecule has 0 saturated heterocycles. The minimum Gasteiger partial charge on any atom is -0.355 e. The molecule has 2 N–H and O–H groups in total. The summed E-state index contributed by atoms with van der Waals surface area (Å²) in [5, 5.41) is 5.95. The van der Waals surface area contributed by atoms with Crippen LogP contribution < -0.4 is 10.6 Å². The van der Waals surface area contributed by atoms with Crippen LogP contribution in [0.2, 0.25) is 0 Å². The van der Waals surface area contributed by atoms with Crippen molar-refractivity contribution in [1.82, 2.24) is 10.6 Å². The van der Waals surface area contributed by atoms with Gasteiger partial charge in [0.2, 0.25) is 5.91 Å². The van der Waals surface area contributed by atoms with Crippen LogP contribution >= 0.6 is 11.8 Å². The number of nitrogens with one attached hydrogen (secondary N) is 2. The van der Waals surface area contributed by atoms with Gasteiger partial charge in [-0.2, -0.15) is 0 Å². The van der Waals surface area contributed by atoms with Gasteiger partial charge in [-0.3, -0.25) is 9.59 Å². The second-order valence-electron chi connectivity index (χ2n) is 6.52. The van der Waals surface area contributed by atoms with Crippen LogP contribution in [-0.4, -0.2) is 24.1 Å². The van der Waals surface area contributed by atoms with E-state index in [1.165, 1.54) is 4.90 Å². The Kier molecular flexibility index (Phi) is 7.90. The maximum absolute atomic E-state index is 12.6. The molecule has 3 rings (SSSR count). The van der Waals surface area contributed by atoms with Crippen LogP contribution in [0.5, 0.6) is 0 Å². The first-order valence-corrected chi connectivity index (χ1v) is 10.6. The molecular weight excluding hydrogens is 380 g/mol. The zero-order chi connectivity index (χ0) is 20.3. The van der Waals surface area contributed by atoms with Gasteiger partial charge in [-0.15, -0.1) is 11.8 Å². The van der Waals surface area contributed by atoms with Crippen molar-refractivity contribution in [2.45, 2.75) is 17.4 Å². The van der Waals surface area contributed by atoms with E-state index in [1.54, 1.807) is 23.9 Å². The summed E-state index contributed by atoms with van der Waals surface area (Å²) < 4.78 is 0. The molecule has 3 aromatic rings. The molecule has 3 aromatic carbocycles. The Balaban J connectivity index is 1.55. The normalized spacial score (nSPS) is 11.4. The largest absolute Gasteiger partial charge is 0.355 e. The molecule has 5 heteroatoms. The van der Waals surface area contributed by atoms with E-state index < -0.39 is 0 Å². The van der Waals surface area contributed by atoms with Crippen molar-refractivity contribution in [3.8, 4) is 0 Å². The number of carbonyl (C=O) groups excluding carboxylic acids is 2. The number of benzene rings is 3. The summed E-state index contributed by atoms with van der Waals surface area (Å²) >= 11 is 1.70. The molecule has 0 unspecified atom stereocenters. The van der Waals surface area contributed by atoms with Crippen molar-refractivity contribution in [3.63, 3.8) is 0 Å². The molecule has 0 aliphatic carbocycles. The molecule has 0 saturated carbocycles. The lowest BCUT2D eigenvalue weighted by Gasteiger charge is -2.19. The maximum Gasteiger partial charge on any atom is 0.251 e. The fourth-order valence-electron chi connectivity index (χ4n) is 2.90. The zero-order valence-electron chi connectivity index (χ0n) is 16.1. The van der Waals surface area contributed by atoms with Crippen LogP contribution in [0.15, 0.2) is 95.9 Å². The molecule has 0 spiro atoms. The van der Waals surface area contributed by atoms with Gasteiger partial charge in [0.1, 0.15) is 0 Å². The highest BCUT2D eigenvalue weighted by atomic mass is 32.2. The highest BCUT2D eigenvalue weighted by Crippen LogP contribution is 2.18. The van der Waals surface area contributed by atoms with Gasteiger partial charge in [-0.25, -0.2) is 0 Å².